The molecule has 2 bridgehead atoms. The van der Waals surface area contributed by atoms with Crippen LogP contribution in [0.3, 0.4) is 0 Å². The molecule has 0 aliphatic heterocycles. The van der Waals surface area contributed by atoms with Gasteiger partial charge in [0.05, 0.1) is 14.2 Å². The normalized spacial score (nSPS) is 9.88. The molecule has 0 aliphatic rings. The molecule has 0 unspecified atom stereocenters. The van der Waals surface area contributed by atoms with Gasteiger partial charge in [0.15, 0.2) is 0 Å². The summed E-state index contributed by atoms with van der Waals surface area (Å²) in [7, 11) is 3.15. The molecule has 0 spiro atoms. The van der Waals surface area contributed by atoms with E-state index in [1.807, 2.05) is 18.2 Å². The number of hydrogen-bond donors (Lipinski definition) is 0. The van der Waals surface area contributed by atoms with Crippen molar-refractivity contribution in [3.05, 3.63) is 30.3 Å². The van der Waals surface area contributed by atoms with Crippen molar-refractivity contribution in [3.63, 3.8) is 0 Å². The quantitative estimate of drug-likeness (QED) is 0.753. The fourth-order valence-corrected chi connectivity index (χ4v) is 1.42. The molecular weight excluding hydrogens is 230 g/mol. The maximum atomic E-state index is 8.40. The Balaban J connectivity index is 0.000000386. The smallest absolute Gasteiger partial charge is 0.129 e. The van der Waals surface area contributed by atoms with Crippen LogP contribution in [0.25, 0.3) is 10.8 Å². The van der Waals surface area contributed by atoms with Crippen LogP contribution in [-0.2, 0) is 21.2 Å². The van der Waals surface area contributed by atoms with Gasteiger partial charge in [-0.05, 0) is 11.5 Å². The third-order valence-electron chi connectivity index (χ3n) is 2.04. The van der Waals surface area contributed by atoms with E-state index in [1.165, 1.54) is 5.23 Å². The Morgan fingerprint density at radius 2 is 1.56 bits per heavy atom. The van der Waals surface area contributed by atoms with Crippen LogP contribution in [0.1, 0.15) is 0 Å². The van der Waals surface area contributed by atoms with E-state index in [0.29, 0.717) is 0 Å². The van der Waals surface area contributed by atoms with Gasteiger partial charge in [0.2, 0.25) is 0 Å². The average Bonchev–Trinajstić information content (AvgIpc) is 2.33. The lowest BCUT2D eigenvalue weighted by molar-refractivity contribution is -0.0426. The largest absolute Gasteiger partial charge is 0.252 e. The van der Waals surface area contributed by atoms with Crippen molar-refractivity contribution in [2.24, 2.45) is 0 Å². The molecule has 3 aromatic carbocycles. The Labute approximate surface area is 96.4 Å². The summed E-state index contributed by atoms with van der Waals surface area (Å²) in [6.45, 7) is 0. The minimum Gasteiger partial charge on any atom is -0.252 e. The van der Waals surface area contributed by atoms with Crippen LogP contribution in [-0.4, -0.2) is 22.6 Å². The molecule has 6 heteroatoms. The highest BCUT2D eigenvalue weighted by Gasteiger charge is 2.08. The molecule has 0 radical (unpaired) electrons. The summed E-state index contributed by atoms with van der Waals surface area (Å²) in [4.78, 5) is 10.1. The summed E-state index contributed by atoms with van der Waals surface area (Å²) in [5.41, 5.74) is 0.935. The van der Waals surface area contributed by atoms with Crippen molar-refractivity contribution in [2.45, 2.75) is 0 Å². The first-order chi connectivity index (χ1) is 7.76. The van der Waals surface area contributed by atoms with Crippen LogP contribution in [0.2, 0.25) is 0 Å². The number of benzene rings is 3. The number of rotatable bonds is 3. The molecular formula is C10H13NO4S. The molecule has 3 aromatic rings. The molecule has 0 aliphatic carbocycles. The van der Waals surface area contributed by atoms with Gasteiger partial charge in [-0.25, -0.2) is 8.42 Å². The number of anilines is 1. The monoisotopic (exact) mass is 243 g/mol. The van der Waals surface area contributed by atoms with Gasteiger partial charge in [-0.15, -0.1) is 5.23 Å². The third kappa shape index (κ3) is 2.82. The van der Waals surface area contributed by atoms with E-state index in [-0.39, 0.29) is 0 Å². The highest BCUT2D eigenvalue weighted by atomic mass is 32.1. The van der Waals surface area contributed by atoms with E-state index < -0.39 is 11.6 Å². The summed E-state index contributed by atoms with van der Waals surface area (Å²) in [5, 5.41) is 3.64. The van der Waals surface area contributed by atoms with E-state index in [4.69, 9.17) is 18.1 Å². The lowest BCUT2D eigenvalue weighted by Crippen LogP contribution is -2.20. The highest BCUT2D eigenvalue weighted by molar-refractivity contribution is 7.51. The molecule has 88 valence electrons. The molecule has 0 aromatic heterocycles. The molecule has 0 fully saturated rings. The van der Waals surface area contributed by atoms with Crippen molar-refractivity contribution >= 4 is 28.0 Å². The summed E-state index contributed by atoms with van der Waals surface area (Å²) < 4.78 is 16.8. The molecule has 16 heavy (non-hydrogen) atoms. The van der Waals surface area contributed by atoms with Gasteiger partial charge < -0.3 is 0 Å². The Morgan fingerprint density at radius 3 is 1.88 bits per heavy atom. The van der Waals surface area contributed by atoms with Crippen molar-refractivity contribution in [3.8, 4) is 0 Å². The van der Waals surface area contributed by atoms with Crippen LogP contribution in [0.15, 0.2) is 30.3 Å². The summed E-state index contributed by atoms with van der Waals surface area (Å²) in [5.74, 6) is 0. The van der Waals surface area contributed by atoms with Crippen molar-refractivity contribution in [2.75, 3.05) is 19.4 Å². The second kappa shape index (κ2) is 6.26. The number of hydrogen-bond acceptors (Lipinski definition) is 5. The minimum absolute atomic E-state index is 0.935. The van der Waals surface area contributed by atoms with Gasteiger partial charge in [-0.1, -0.05) is 24.3 Å². The maximum absolute atomic E-state index is 8.40. The fraction of sp³-hybridized carbons (Fsp3) is 0.200. The first kappa shape index (κ1) is 12.7. The van der Waals surface area contributed by atoms with Crippen molar-refractivity contribution in [1.29, 1.82) is 0 Å². The Morgan fingerprint density at radius 1 is 1.06 bits per heavy atom. The van der Waals surface area contributed by atoms with Crippen LogP contribution in [0.5, 0.6) is 0 Å². The fourth-order valence-electron chi connectivity index (χ4n) is 1.42. The highest BCUT2D eigenvalue weighted by Crippen LogP contribution is 2.26. The summed E-state index contributed by atoms with van der Waals surface area (Å²) in [6, 6.07) is 10.2. The predicted molar refractivity (Wildman–Crippen MR) is 63.3 cm³/mol. The van der Waals surface area contributed by atoms with Crippen molar-refractivity contribution < 1.29 is 18.1 Å². The Kier molecular flexibility index (Phi) is 4.97. The lowest BCUT2D eigenvalue weighted by atomic mass is 10.1. The minimum atomic E-state index is -1.42. The summed E-state index contributed by atoms with van der Waals surface area (Å²) in [6.07, 6.45) is 0. The third-order valence-corrected chi connectivity index (χ3v) is 2.04. The molecule has 0 saturated carbocycles. The van der Waals surface area contributed by atoms with E-state index in [2.05, 4.69) is 12.1 Å². The molecule has 0 amide bonds. The van der Waals surface area contributed by atoms with Gasteiger partial charge in [-0.3, -0.25) is 9.68 Å². The second-order valence-corrected chi connectivity index (χ2v) is 3.02. The average molecular weight is 243 g/mol. The Hall–Kier alpha value is -1.37. The van der Waals surface area contributed by atoms with Gasteiger partial charge in [0, 0.05) is 5.39 Å². The number of fused-ring (bicyclic) bond motifs is 3. The second-order valence-electron chi connectivity index (χ2n) is 2.86. The summed E-state index contributed by atoms with van der Waals surface area (Å²) >= 11 is -1.42. The standard InChI is InChI=1S/C10H11NO2.H2O2S/c1-12-11(13-2)10-7-8-3-5-9(10)6-4-8;1-3-2/h3-7H,1-2H3;3H2. The molecule has 0 atom stereocenters. The van der Waals surface area contributed by atoms with Crippen LogP contribution >= 0.6 is 0 Å². The van der Waals surface area contributed by atoms with E-state index in [9.17, 15) is 0 Å². The maximum Gasteiger partial charge on any atom is 0.129 e. The molecule has 5 nitrogen and oxygen atoms in total. The zero-order valence-corrected chi connectivity index (χ0v) is 9.97. The van der Waals surface area contributed by atoms with Crippen LogP contribution < -0.4 is 5.23 Å². The first-order valence-corrected chi connectivity index (χ1v) is 5.28. The molecule has 0 heterocycles. The van der Waals surface area contributed by atoms with Gasteiger partial charge in [0.1, 0.15) is 17.3 Å². The first-order valence-electron chi connectivity index (χ1n) is 4.46. The van der Waals surface area contributed by atoms with Gasteiger partial charge in [0.25, 0.3) is 0 Å². The van der Waals surface area contributed by atoms with Crippen LogP contribution in [0.4, 0.5) is 5.69 Å². The SMILES string of the molecule is CON(OC)c1cc2ccc1cc2.O=[SH2]=O. The zero-order valence-electron chi connectivity index (χ0n) is 8.97. The predicted octanol–water partition coefficient (Wildman–Crippen LogP) is 1.00. The molecule has 0 saturated heterocycles. The van der Waals surface area contributed by atoms with E-state index in [1.54, 1.807) is 14.2 Å². The molecule has 3 rings (SSSR count). The Bertz CT molecular complexity index is 446. The topological polar surface area (TPSA) is 55.8 Å². The van der Waals surface area contributed by atoms with E-state index in [0.717, 1.165) is 16.5 Å². The number of nitrogens with zero attached hydrogens (tertiary/aromatic N) is 1. The van der Waals surface area contributed by atoms with Crippen LogP contribution in [0, 0.1) is 0 Å². The zero-order chi connectivity index (χ0) is 12.0. The van der Waals surface area contributed by atoms with Gasteiger partial charge in [-0.2, -0.15) is 0 Å². The molecule has 0 N–H and O–H groups in total. The van der Waals surface area contributed by atoms with E-state index >= 15 is 0 Å². The lowest BCUT2D eigenvalue weighted by Gasteiger charge is -2.20. The van der Waals surface area contributed by atoms with Gasteiger partial charge >= 0.3 is 0 Å². The van der Waals surface area contributed by atoms with Crippen molar-refractivity contribution in [1.82, 2.24) is 0 Å².